The lowest BCUT2D eigenvalue weighted by atomic mass is 9.93. The van der Waals surface area contributed by atoms with E-state index in [1.54, 1.807) is 0 Å². The first-order chi connectivity index (χ1) is 4.77. The maximum atomic E-state index is 4.15. The van der Waals surface area contributed by atoms with E-state index in [1.165, 1.54) is 25.7 Å². The number of rotatable bonds is 0. The van der Waals surface area contributed by atoms with Crippen LogP contribution in [0.1, 0.15) is 25.7 Å². The molecule has 2 saturated heterocycles. The Hall–Kier alpha value is -0.0400. The lowest BCUT2D eigenvalue weighted by molar-refractivity contribution is 0.151. The highest BCUT2D eigenvalue weighted by Gasteiger charge is 2.36. The summed E-state index contributed by atoms with van der Waals surface area (Å²) in [6.07, 6.45) is 5.53. The van der Waals surface area contributed by atoms with E-state index >= 15 is 0 Å². The fourth-order valence-electron chi connectivity index (χ4n) is 2.52. The second-order valence-corrected chi connectivity index (χ2v) is 3.89. The molecule has 2 unspecified atom stereocenters. The van der Waals surface area contributed by atoms with Crippen molar-refractivity contribution in [1.82, 2.24) is 4.90 Å². The van der Waals surface area contributed by atoms with E-state index in [0.717, 1.165) is 18.0 Å². The predicted molar refractivity (Wildman–Crippen MR) is 42.7 cm³/mol. The summed E-state index contributed by atoms with van der Waals surface area (Å²) in [5.41, 5.74) is 0. The van der Waals surface area contributed by atoms with Crippen LogP contribution < -0.4 is 0 Å². The summed E-state index contributed by atoms with van der Waals surface area (Å²) in [4.78, 5) is 2.56. The molecular formula is C9H16N. The largest absolute Gasteiger partial charge is 0.300 e. The monoisotopic (exact) mass is 138 g/mol. The van der Waals surface area contributed by atoms with Gasteiger partial charge in [-0.2, -0.15) is 0 Å². The van der Waals surface area contributed by atoms with E-state index < -0.39 is 0 Å². The highest BCUT2D eigenvalue weighted by molar-refractivity contribution is 4.93. The first-order valence-corrected chi connectivity index (χ1v) is 4.32. The zero-order valence-electron chi connectivity index (χ0n) is 6.71. The highest BCUT2D eigenvalue weighted by Crippen LogP contribution is 2.36. The van der Waals surface area contributed by atoms with Crippen molar-refractivity contribution in [3.05, 3.63) is 6.92 Å². The fourth-order valence-corrected chi connectivity index (χ4v) is 2.52. The molecule has 2 bridgehead atoms. The van der Waals surface area contributed by atoms with E-state index in [9.17, 15) is 0 Å². The van der Waals surface area contributed by atoms with Gasteiger partial charge in [-0.3, -0.25) is 0 Å². The molecule has 1 radical (unpaired) electrons. The van der Waals surface area contributed by atoms with Crippen LogP contribution in [0.25, 0.3) is 0 Å². The van der Waals surface area contributed by atoms with Crippen molar-refractivity contribution in [1.29, 1.82) is 0 Å². The molecule has 10 heavy (non-hydrogen) atoms. The Kier molecular flexibility index (Phi) is 1.48. The molecule has 0 saturated carbocycles. The molecule has 0 aliphatic carbocycles. The van der Waals surface area contributed by atoms with E-state index in [2.05, 4.69) is 18.9 Å². The number of fused-ring (bicyclic) bond motifs is 2. The van der Waals surface area contributed by atoms with Crippen molar-refractivity contribution < 1.29 is 0 Å². The molecule has 2 rings (SSSR count). The first kappa shape index (κ1) is 6.66. The Labute approximate surface area is 63.4 Å². The third-order valence-corrected chi connectivity index (χ3v) is 3.20. The van der Waals surface area contributed by atoms with E-state index in [4.69, 9.17) is 0 Å². The molecule has 2 aliphatic rings. The SMILES string of the molecule is [CH2]C1CC2CCC(C1)N2C. The van der Waals surface area contributed by atoms with Gasteiger partial charge in [-0.25, -0.2) is 0 Å². The topological polar surface area (TPSA) is 3.24 Å². The summed E-state index contributed by atoms with van der Waals surface area (Å²) in [7, 11) is 2.27. The minimum Gasteiger partial charge on any atom is -0.300 e. The second-order valence-electron chi connectivity index (χ2n) is 3.89. The second kappa shape index (κ2) is 2.23. The van der Waals surface area contributed by atoms with Crippen LogP contribution in [0.15, 0.2) is 0 Å². The molecule has 1 nitrogen and oxygen atoms in total. The van der Waals surface area contributed by atoms with Crippen LogP contribution in [0.2, 0.25) is 0 Å². The maximum Gasteiger partial charge on any atom is 0.00983 e. The average Bonchev–Trinajstić information content (AvgIpc) is 2.20. The van der Waals surface area contributed by atoms with Crippen molar-refractivity contribution in [2.45, 2.75) is 37.8 Å². The smallest absolute Gasteiger partial charge is 0.00983 e. The molecule has 2 aliphatic heterocycles. The minimum absolute atomic E-state index is 0.744. The lowest BCUT2D eigenvalue weighted by Gasteiger charge is -2.34. The van der Waals surface area contributed by atoms with Crippen LogP contribution in [0, 0.1) is 12.8 Å². The lowest BCUT2D eigenvalue weighted by Crippen LogP contribution is -2.39. The molecule has 57 valence electrons. The summed E-state index contributed by atoms with van der Waals surface area (Å²) in [5.74, 6) is 0.744. The molecule has 2 heterocycles. The van der Waals surface area contributed by atoms with Gasteiger partial charge in [-0.05, 0) is 38.6 Å². The molecule has 0 N–H and O–H groups in total. The van der Waals surface area contributed by atoms with Gasteiger partial charge in [0.25, 0.3) is 0 Å². The van der Waals surface area contributed by atoms with Gasteiger partial charge < -0.3 is 4.90 Å². The van der Waals surface area contributed by atoms with Gasteiger partial charge in [-0.15, -0.1) is 0 Å². The van der Waals surface area contributed by atoms with Crippen molar-refractivity contribution in [2.75, 3.05) is 7.05 Å². The van der Waals surface area contributed by atoms with E-state index in [0.29, 0.717) is 0 Å². The summed E-state index contributed by atoms with van der Waals surface area (Å²) < 4.78 is 0. The van der Waals surface area contributed by atoms with Gasteiger partial charge in [-0.1, -0.05) is 6.92 Å². The van der Waals surface area contributed by atoms with Gasteiger partial charge in [0.1, 0.15) is 0 Å². The zero-order chi connectivity index (χ0) is 7.14. The standard InChI is InChI=1S/C9H16N/c1-7-5-8-3-4-9(6-7)10(8)2/h7-9H,1,3-6H2,2H3. The van der Waals surface area contributed by atoms with Crippen LogP contribution in [-0.2, 0) is 0 Å². The average molecular weight is 138 g/mol. The van der Waals surface area contributed by atoms with Crippen molar-refractivity contribution in [3.8, 4) is 0 Å². The van der Waals surface area contributed by atoms with Crippen molar-refractivity contribution >= 4 is 0 Å². The Morgan fingerprint density at radius 1 is 1.20 bits per heavy atom. The van der Waals surface area contributed by atoms with Crippen molar-refractivity contribution in [3.63, 3.8) is 0 Å². The summed E-state index contributed by atoms with van der Waals surface area (Å²) in [6.45, 7) is 4.15. The Morgan fingerprint density at radius 2 is 1.70 bits per heavy atom. The molecular weight excluding hydrogens is 122 g/mol. The van der Waals surface area contributed by atoms with Crippen LogP contribution in [0.4, 0.5) is 0 Å². The molecule has 0 aromatic rings. The maximum absolute atomic E-state index is 4.15. The van der Waals surface area contributed by atoms with Gasteiger partial charge in [0.05, 0.1) is 0 Å². The summed E-state index contributed by atoms with van der Waals surface area (Å²) in [6, 6.07) is 1.75. The third-order valence-electron chi connectivity index (χ3n) is 3.20. The van der Waals surface area contributed by atoms with Gasteiger partial charge in [0.15, 0.2) is 0 Å². The van der Waals surface area contributed by atoms with Crippen LogP contribution in [-0.4, -0.2) is 24.0 Å². The van der Waals surface area contributed by atoms with Crippen LogP contribution in [0.3, 0.4) is 0 Å². The highest BCUT2D eigenvalue weighted by atomic mass is 15.2. The Balaban J connectivity index is 2.09. The summed E-state index contributed by atoms with van der Waals surface area (Å²) >= 11 is 0. The minimum atomic E-state index is 0.744. The Morgan fingerprint density at radius 3 is 2.20 bits per heavy atom. The van der Waals surface area contributed by atoms with Gasteiger partial charge in [0.2, 0.25) is 0 Å². The molecule has 1 heteroatoms. The van der Waals surface area contributed by atoms with Crippen molar-refractivity contribution in [2.24, 2.45) is 5.92 Å². The van der Waals surface area contributed by atoms with E-state index in [-0.39, 0.29) is 0 Å². The van der Waals surface area contributed by atoms with Crippen LogP contribution >= 0.6 is 0 Å². The number of piperidine rings is 1. The molecule has 0 aromatic carbocycles. The molecule has 0 spiro atoms. The fraction of sp³-hybridized carbons (Fsp3) is 0.889. The molecule has 0 amide bonds. The van der Waals surface area contributed by atoms with Gasteiger partial charge in [0, 0.05) is 12.1 Å². The van der Waals surface area contributed by atoms with Crippen LogP contribution in [0.5, 0.6) is 0 Å². The quantitative estimate of drug-likeness (QED) is 0.492. The van der Waals surface area contributed by atoms with E-state index in [1.807, 2.05) is 0 Å². The predicted octanol–water partition coefficient (Wildman–Crippen LogP) is 1.69. The normalized spacial score (nSPS) is 48.0. The summed E-state index contributed by atoms with van der Waals surface area (Å²) in [5, 5.41) is 0. The Bertz CT molecular complexity index is 119. The molecule has 2 fully saturated rings. The number of hydrogen-bond donors (Lipinski definition) is 0. The third kappa shape index (κ3) is 0.878. The van der Waals surface area contributed by atoms with Gasteiger partial charge >= 0.3 is 0 Å². The number of hydrogen-bond acceptors (Lipinski definition) is 1. The molecule has 0 aromatic heterocycles. The first-order valence-electron chi connectivity index (χ1n) is 4.32. The zero-order valence-corrected chi connectivity index (χ0v) is 6.71. The molecule has 2 atom stereocenters. The number of nitrogens with zero attached hydrogens (tertiary/aromatic N) is 1.